The van der Waals surface area contributed by atoms with Crippen LogP contribution >= 0.6 is 11.3 Å². The second kappa shape index (κ2) is 5.98. The normalized spacial score (nSPS) is 13.5. The number of carbonyl (C=O) groups is 2. The van der Waals surface area contributed by atoms with E-state index in [0.29, 0.717) is 11.4 Å². The Morgan fingerprint density at radius 1 is 1.48 bits per heavy atom. The first-order valence-electron chi connectivity index (χ1n) is 7.00. The fourth-order valence-electron chi connectivity index (χ4n) is 2.51. The van der Waals surface area contributed by atoms with Crippen LogP contribution in [0.5, 0.6) is 5.75 Å². The van der Waals surface area contributed by atoms with E-state index in [0.717, 1.165) is 21.1 Å². The van der Waals surface area contributed by atoms with Gasteiger partial charge in [-0.05, 0) is 32.0 Å². The molecule has 2 aromatic rings. The number of fused-ring (bicyclic) bond motifs is 1. The molecule has 23 heavy (non-hydrogen) atoms. The molecule has 2 amide bonds. The van der Waals surface area contributed by atoms with Crippen molar-refractivity contribution in [2.75, 3.05) is 18.1 Å². The van der Waals surface area contributed by atoms with Crippen molar-refractivity contribution in [3.8, 4) is 17.0 Å². The van der Waals surface area contributed by atoms with Gasteiger partial charge in [0.1, 0.15) is 12.3 Å². The molecule has 3 rings (SSSR count). The number of nitrogens with two attached hydrogens (primary N) is 1. The minimum absolute atomic E-state index is 0.0982. The monoisotopic (exact) mass is 332 g/mol. The predicted molar refractivity (Wildman–Crippen MR) is 87.2 cm³/mol. The van der Waals surface area contributed by atoms with Crippen molar-refractivity contribution in [3.05, 3.63) is 28.1 Å². The Morgan fingerprint density at radius 2 is 2.26 bits per heavy atom. The average Bonchev–Trinajstić information content (AvgIpc) is 2.88. The van der Waals surface area contributed by atoms with Crippen molar-refractivity contribution >= 4 is 28.8 Å². The van der Waals surface area contributed by atoms with Gasteiger partial charge in [0.15, 0.2) is 6.61 Å². The number of amides is 2. The van der Waals surface area contributed by atoms with E-state index in [2.05, 4.69) is 4.98 Å². The molecule has 3 N–H and O–H groups in total. The molecule has 120 valence electrons. The highest BCUT2D eigenvalue weighted by molar-refractivity contribution is 7.11. The number of hydrogen-bond donors (Lipinski definition) is 2. The molecule has 0 atom stereocenters. The first-order valence-corrected chi connectivity index (χ1v) is 7.82. The first kappa shape index (κ1) is 15.4. The van der Waals surface area contributed by atoms with Crippen molar-refractivity contribution < 1.29 is 14.3 Å². The number of carbonyl (C=O) groups excluding carboxylic acids is 2. The van der Waals surface area contributed by atoms with Gasteiger partial charge in [-0.15, -0.1) is 11.3 Å². The molecule has 0 fully saturated rings. The summed E-state index contributed by atoms with van der Waals surface area (Å²) in [5.41, 5.74) is 4.34. The van der Waals surface area contributed by atoms with Crippen LogP contribution in [0.1, 0.15) is 9.88 Å². The summed E-state index contributed by atoms with van der Waals surface area (Å²) in [6.07, 6.45) is 0. The highest BCUT2D eigenvalue weighted by atomic mass is 32.1. The molecule has 1 aliphatic heterocycles. The highest BCUT2D eigenvalue weighted by Crippen LogP contribution is 2.37. The number of rotatable bonds is 3. The van der Waals surface area contributed by atoms with Gasteiger partial charge in [0.25, 0.3) is 11.8 Å². The van der Waals surface area contributed by atoms with E-state index in [1.165, 1.54) is 4.90 Å². The lowest BCUT2D eigenvalue weighted by Crippen LogP contribution is -2.46. The summed E-state index contributed by atoms with van der Waals surface area (Å²) in [5.74, 6) is 4.94. The molecule has 0 saturated carbocycles. The summed E-state index contributed by atoms with van der Waals surface area (Å²) in [4.78, 5) is 30.7. The number of anilines is 1. The standard InChI is InChI=1S/C15H16N4O3S/c1-8-15(17-9(2)23-8)10-3-4-12-11(5-10)19(6-13(20)18-16)14(21)7-22-12/h3-5H,6-7,16H2,1-2H3,(H,18,20). The number of hydrogen-bond acceptors (Lipinski definition) is 6. The smallest absolute Gasteiger partial charge is 0.265 e. The molecule has 1 aromatic carbocycles. The molecule has 0 aliphatic carbocycles. The Bertz CT molecular complexity index is 787. The van der Waals surface area contributed by atoms with Gasteiger partial charge in [0.2, 0.25) is 0 Å². The van der Waals surface area contributed by atoms with Crippen LogP contribution in [0.15, 0.2) is 18.2 Å². The first-order chi connectivity index (χ1) is 11.0. The Morgan fingerprint density at radius 3 is 2.91 bits per heavy atom. The van der Waals surface area contributed by atoms with Crippen LogP contribution in [0.4, 0.5) is 5.69 Å². The van der Waals surface area contributed by atoms with Crippen LogP contribution < -0.4 is 20.9 Å². The van der Waals surface area contributed by atoms with Gasteiger partial charge in [0, 0.05) is 10.4 Å². The van der Waals surface area contributed by atoms with E-state index >= 15 is 0 Å². The van der Waals surface area contributed by atoms with E-state index in [1.54, 1.807) is 17.4 Å². The largest absolute Gasteiger partial charge is 0.482 e. The maximum Gasteiger partial charge on any atom is 0.265 e. The maximum absolute atomic E-state index is 12.1. The fraction of sp³-hybridized carbons (Fsp3) is 0.267. The summed E-state index contributed by atoms with van der Waals surface area (Å²) in [7, 11) is 0. The summed E-state index contributed by atoms with van der Waals surface area (Å²) >= 11 is 1.61. The summed E-state index contributed by atoms with van der Waals surface area (Å²) in [5, 5.41) is 0.974. The van der Waals surface area contributed by atoms with E-state index in [4.69, 9.17) is 10.6 Å². The molecule has 1 aliphatic rings. The number of aryl methyl sites for hydroxylation is 2. The molecule has 8 heteroatoms. The van der Waals surface area contributed by atoms with Crippen molar-refractivity contribution in [3.63, 3.8) is 0 Å². The van der Waals surface area contributed by atoms with Crippen molar-refractivity contribution in [1.29, 1.82) is 0 Å². The highest BCUT2D eigenvalue weighted by Gasteiger charge is 2.28. The molecule has 0 bridgehead atoms. The Hall–Kier alpha value is -2.45. The summed E-state index contributed by atoms with van der Waals surface area (Å²) in [6.45, 7) is 3.70. The molecular weight excluding hydrogens is 316 g/mol. The minimum atomic E-state index is -0.447. The second-order valence-corrected chi connectivity index (χ2v) is 6.56. The zero-order chi connectivity index (χ0) is 16.6. The van der Waals surface area contributed by atoms with Gasteiger partial charge in [-0.25, -0.2) is 10.8 Å². The van der Waals surface area contributed by atoms with E-state index in [-0.39, 0.29) is 19.1 Å². The Balaban J connectivity index is 2.04. The molecule has 0 unspecified atom stereocenters. The number of nitrogens with one attached hydrogen (secondary N) is 1. The van der Waals surface area contributed by atoms with Crippen molar-refractivity contribution in [1.82, 2.24) is 10.4 Å². The van der Waals surface area contributed by atoms with Crippen LogP contribution in [0.3, 0.4) is 0 Å². The Kier molecular flexibility index (Phi) is 4.01. The second-order valence-electron chi connectivity index (χ2n) is 5.16. The van der Waals surface area contributed by atoms with Crippen LogP contribution in [-0.2, 0) is 9.59 Å². The minimum Gasteiger partial charge on any atom is -0.482 e. The number of hydrazine groups is 1. The van der Waals surface area contributed by atoms with Gasteiger partial charge >= 0.3 is 0 Å². The van der Waals surface area contributed by atoms with E-state index in [1.807, 2.05) is 31.4 Å². The molecule has 0 spiro atoms. The number of thiazole rings is 1. The lowest BCUT2D eigenvalue weighted by atomic mass is 10.1. The maximum atomic E-state index is 12.1. The quantitative estimate of drug-likeness (QED) is 0.499. The number of aromatic nitrogens is 1. The van der Waals surface area contributed by atoms with Crippen LogP contribution in [0, 0.1) is 13.8 Å². The predicted octanol–water partition coefficient (Wildman–Crippen LogP) is 1.14. The lowest BCUT2D eigenvalue weighted by Gasteiger charge is -2.29. The average molecular weight is 332 g/mol. The molecular formula is C15H16N4O3S. The number of benzene rings is 1. The van der Waals surface area contributed by atoms with Gasteiger partial charge < -0.3 is 4.74 Å². The van der Waals surface area contributed by atoms with Crippen LogP contribution in [0.25, 0.3) is 11.3 Å². The third kappa shape index (κ3) is 2.90. The third-order valence-electron chi connectivity index (χ3n) is 3.54. The molecule has 7 nitrogen and oxygen atoms in total. The molecule has 0 radical (unpaired) electrons. The summed E-state index contributed by atoms with van der Waals surface area (Å²) < 4.78 is 5.44. The molecule has 2 heterocycles. The zero-order valence-electron chi connectivity index (χ0n) is 12.8. The topological polar surface area (TPSA) is 97.5 Å². The third-order valence-corrected chi connectivity index (χ3v) is 4.43. The van der Waals surface area contributed by atoms with Crippen LogP contribution in [-0.4, -0.2) is 29.9 Å². The number of nitrogens with zero attached hydrogens (tertiary/aromatic N) is 2. The van der Waals surface area contributed by atoms with Gasteiger partial charge in [0.05, 0.1) is 16.4 Å². The number of ether oxygens (including phenoxy) is 1. The lowest BCUT2D eigenvalue weighted by molar-refractivity contribution is -0.125. The van der Waals surface area contributed by atoms with Gasteiger partial charge in [-0.1, -0.05) is 0 Å². The molecule has 1 aromatic heterocycles. The fourth-order valence-corrected chi connectivity index (χ4v) is 3.35. The molecule has 0 saturated heterocycles. The summed E-state index contributed by atoms with van der Waals surface area (Å²) in [6, 6.07) is 5.51. The van der Waals surface area contributed by atoms with Crippen molar-refractivity contribution in [2.24, 2.45) is 5.84 Å². The van der Waals surface area contributed by atoms with E-state index in [9.17, 15) is 9.59 Å². The Labute approximate surface area is 137 Å². The van der Waals surface area contributed by atoms with Gasteiger partial charge in [-0.2, -0.15) is 0 Å². The van der Waals surface area contributed by atoms with Crippen molar-refractivity contribution in [2.45, 2.75) is 13.8 Å². The van der Waals surface area contributed by atoms with Gasteiger partial charge in [-0.3, -0.25) is 19.9 Å². The van der Waals surface area contributed by atoms with Crippen LogP contribution in [0.2, 0.25) is 0 Å². The zero-order valence-corrected chi connectivity index (χ0v) is 13.6. The SMILES string of the molecule is Cc1nc(-c2ccc3c(c2)N(CC(=O)NN)C(=O)CO3)c(C)s1. The van der Waals surface area contributed by atoms with E-state index < -0.39 is 5.91 Å².